The van der Waals surface area contributed by atoms with Gasteiger partial charge in [0.05, 0.1) is 0 Å². The molecule has 2 aromatic carbocycles. The van der Waals surface area contributed by atoms with Gasteiger partial charge in [0.25, 0.3) is 0 Å². The van der Waals surface area contributed by atoms with Crippen LogP contribution in [-0.2, 0) is 0 Å². The van der Waals surface area contributed by atoms with Crippen LogP contribution in [0.5, 0.6) is 0 Å². The molecule has 2 heteroatoms. The Labute approximate surface area is 117 Å². The highest BCUT2D eigenvalue weighted by atomic mass is 16.1. The number of carbonyl (C=O) groups is 2. The van der Waals surface area contributed by atoms with Crippen molar-refractivity contribution in [3.8, 4) is 0 Å². The number of carbonyl (C=O) groups excluding carboxylic acids is 2. The maximum absolute atomic E-state index is 12.7. The minimum absolute atomic E-state index is 0.0548. The first kappa shape index (κ1) is 12.5. The molecule has 0 saturated heterocycles. The Morgan fingerprint density at radius 2 is 1.60 bits per heavy atom. The summed E-state index contributed by atoms with van der Waals surface area (Å²) in [5.41, 5.74) is 4.59. The van der Waals surface area contributed by atoms with Gasteiger partial charge in [-0.25, -0.2) is 0 Å². The number of rotatable bonds is 1. The summed E-state index contributed by atoms with van der Waals surface area (Å²) in [7, 11) is 0. The fraction of sp³-hybridized carbons (Fsp3) is 0.111. The molecule has 0 radical (unpaired) electrons. The van der Waals surface area contributed by atoms with Crippen LogP contribution in [0.4, 0.5) is 0 Å². The molecule has 0 amide bonds. The van der Waals surface area contributed by atoms with Crippen LogP contribution in [0.1, 0.15) is 48.5 Å². The van der Waals surface area contributed by atoms with Crippen LogP contribution in [0.3, 0.4) is 0 Å². The zero-order valence-electron chi connectivity index (χ0n) is 11.5. The van der Waals surface area contributed by atoms with Crippen molar-refractivity contribution >= 4 is 17.6 Å². The van der Waals surface area contributed by atoms with Crippen LogP contribution in [0, 0.1) is 13.8 Å². The normalized spacial score (nSPS) is 12.9. The summed E-state index contributed by atoms with van der Waals surface area (Å²) in [5, 5.41) is 0. The third kappa shape index (κ3) is 1.58. The lowest BCUT2D eigenvalue weighted by molar-refractivity contribution is 0.0978. The van der Waals surface area contributed by atoms with Gasteiger partial charge in [-0.3, -0.25) is 9.59 Å². The smallest absolute Gasteiger partial charge is 0.195 e. The average molecular weight is 262 g/mol. The fourth-order valence-corrected chi connectivity index (χ4v) is 2.84. The third-order valence-corrected chi connectivity index (χ3v) is 3.81. The maximum atomic E-state index is 12.7. The minimum Gasteiger partial charge on any atom is -0.289 e. The van der Waals surface area contributed by atoms with Crippen LogP contribution in [0.25, 0.3) is 6.08 Å². The first-order valence-corrected chi connectivity index (χ1v) is 6.50. The third-order valence-electron chi connectivity index (χ3n) is 3.81. The lowest BCUT2D eigenvalue weighted by Crippen LogP contribution is -2.23. The van der Waals surface area contributed by atoms with Crippen LogP contribution in [0.2, 0.25) is 0 Å². The highest BCUT2D eigenvalue weighted by molar-refractivity contribution is 6.29. The van der Waals surface area contributed by atoms with Gasteiger partial charge >= 0.3 is 0 Å². The Morgan fingerprint density at radius 1 is 0.900 bits per heavy atom. The predicted octanol–water partition coefficient (Wildman–Crippen LogP) is 3.72. The first-order chi connectivity index (χ1) is 9.54. The molecule has 0 aliphatic heterocycles. The zero-order chi connectivity index (χ0) is 14.4. The summed E-state index contributed by atoms with van der Waals surface area (Å²) in [5.74, 6) is -0.133. The van der Waals surface area contributed by atoms with E-state index in [1.54, 1.807) is 18.2 Å². The first-order valence-electron chi connectivity index (χ1n) is 6.50. The topological polar surface area (TPSA) is 34.1 Å². The highest BCUT2D eigenvalue weighted by Crippen LogP contribution is 2.32. The van der Waals surface area contributed by atoms with Crippen molar-refractivity contribution in [3.05, 3.63) is 75.9 Å². The Hall–Kier alpha value is -2.48. The summed E-state index contributed by atoms with van der Waals surface area (Å²) < 4.78 is 0. The molecule has 0 bridgehead atoms. The van der Waals surface area contributed by atoms with Gasteiger partial charge in [-0.15, -0.1) is 0 Å². The van der Waals surface area contributed by atoms with Gasteiger partial charge in [0.2, 0.25) is 0 Å². The molecular formula is C18H14O2. The number of hydrogen-bond acceptors (Lipinski definition) is 2. The Kier molecular flexibility index (Phi) is 2.68. The Morgan fingerprint density at radius 3 is 2.30 bits per heavy atom. The number of benzene rings is 2. The molecule has 3 rings (SSSR count). The van der Waals surface area contributed by atoms with E-state index in [4.69, 9.17) is 0 Å². The molecule has 1 aliphatic carbocycles. The van der Waals surface area contributed by atoms with E-state index in [-0.39, 0.29) is 11.6 Å². The van der Waals surface area contributed by atoms with Crippen molar-refractivity contribution in [3.63, 3.8) is 0 Å². The molecule has 0 heterocycles. The van der Waals surface area contributed by atoms with E-state index in [2.05, 4.69) is 6.58 Å². The van der Waals surface area contributed by atoms with Crippen LogP contribution in [-0.4, -0.2) is 11.6 Å². The number of fused-ring (bicyclic) bond motifs is 2. The largest absolute Gasteiger partial charge is 0.289 e. The van der Waals surface area contributed by atoms with Crippen molar-refractivity contribution in [2.45, 2.75) is 13.8 Å². The van der Waals surface area contributed by atoms with Crippen molar-refractivity contribution in [1.29, 1.82) is 0 Å². The molecule has 0 atom stereocenters. The average Bonchev–Trinajstić information content (AvgIpc) is 2.43. The highest BCUT2D eigenvalue weighted by Gasteiger charge is 2.31. The van der Waals surface area contributed by atoms with E-state index in [0.717, 1.165) is 16.7 Å². The van der Waals surface area contributed by atoms with E-state index in [9.17, 15) is 9.59 Å². The minimum atomic E-state index is -0.0786. The molecule has 0 spiro atoms. The Bertz CT molecular complexity index is 782. The quantitative estimate of drug-likeness (QED) is 0.669. The fourth-order valence-electron chi connectivity index (χ4n) is 2.84. The van der Waals surface area contributed by atoms with E-state index in [1.807, 2.05) is 32.0 Å². The van der Waals surface area contributed by atoms with Gasteiger partial charge in [-0.05, 0) is 36.6 Å². The lowest BCUT2D eigenvalue weighted by atomic mass is 9.79. The van der Waals surface area contributed by atoms with Crippen LogP contribution < -0.4 is 0 Å². The summed E-state index contributed by atoms with van der Waals surface area (Å²) in [4.78, 5) is 25.4. The van der Waals surface area contributed by atoms with Gasteiger partial charge in [-0.1, -0.05) is 36.9 Å². The second kappa shape index (κ2) is 4.27. The summed E-state index contributed by atoms with van der Waals surface area (Å²) in [6.07, 6.45) is 1.69. The van der Waals surface area contributed by atoms with Gasteiger partial charge in [0.1, 0.15) is 0 Å². The van der Waals surface area contributed by atoms with Gasteiger partial charge in [-0.2, -0.15) is 0 Å². The molecule has 2 nitrogen and oxygen atoms in total. The number of ketones is 2. The lowest BCUT2D eigenvalue weighted by Gasteiger charge is -2.21. The second-order valence-electron chi connectivity index (χ2n) is 5.12. The van der Waals surface area contributed by atoms with Crippen LogP contribution in [0.15, 0.2) is 36.9 Å². The van der Waals surface area contributed by atoms with Crippen LogP contribution >= 0.6 is 0 Å². The van der Waals surface area contributed by atoms with Crippen molar-refractivity contribution in [2.24, 2.45) is 0 Å². The zero-order valence-corrected chi connectivity index (χ0v) is 11.5. The molecule has 0 unspecified atom stereocenters. The molecule has 0 aromatic heterocycles. The van der Waals surface area contributed by atoms with Crippen molar-refractivity contribution in [1.82, 2.24) is 0 Å². The molecule has 1 aliphatic rings. The number of hydrogen-bond donors (Lipinski definition) is 0. The molecule has 98 valence electrons. The summed E-state index contributed by atoms with van der Waals surface area (Å²) >= 11 is 0. The standard InChI is InChI=1S/C18H14O2/c1-4-12-8-11(3)16-14(9-12)17(19)13-7-5-6-10(2)15(13)18(16)20/h4-9H,1H2,2-3H3. The molecule has 0 N–H and O–H groups in total. The maximum Gasteiger partial charge on any atom is 0.195 e. The Balaban J connectivity index is 2.38. The summed E-state index contributed by atoms with van der Waals surface area (Å²) in [6, 6.07) is 9.04. The van der Waals surface area contributed by atoms with E-state index in [0.29, 0.717) is 22.3 Å². The van der Waals surface area contributed by atoms with E-state index < -0.39 is 0 Å². The van der Waals surface area contributed by atoms with E-state index in [1.165, 1.54) is 0 Å². The monoisotopic (exact) mass is 262 g/mol. The SMILES string of the molecule is C=Cc1cc(C)c2c(c1)C(=O)c1cccc(C)c1C2=O. The van der Waals surface area contributed by atoms with E-state index >= 15 is 0 Å². The molecular weight excluding hydrogens is 248 g/mol. The van der Waals surface area contributed by atoms with Crippen molar-refractivity contribution < 1.29 is 9.59 Å². The summed E-state index contributed by atoms with van der Waals surface area (Å²) in [6.45, 7) is 7.45. The van der Waals surface area contributed by atoms with Gasteiger partial charge < -0.3 is 0 Å². The van der Waals surface area contributed by atoms with Crippen molar-refractivity contribution in [2.75, 3.05) is 0 Å². The molecule has 0 saturated carbocycles. The second-order valence-corrected chi connectivity index (χ2v) is 5.12. The molecule has 0 fully saturated rings. The number of aryl methyl sites for hydroxylation is 2. The van der Waals surface area contributed by atoms with Gasteiger partial charge in [0.15, 0.2) is 11.6 Å². The molecule has 20 heavy (non-hydrogen) atoms. The van der Waals surface area contributed by atoms with Gasteiger partial charge in [0, 0.05) is 22.3 Å². The molecule has 2 aromatic rings. The predicted molar refractivity (Wildman–Crippen MR) is 79.3 cm³/mol.